The number of aromatic amines is 1. The van der Waals surface area contributed by atoms with E-state index in [2.05, 4.69) is 10.2 Å². The summed E-state index contributed by atoms with van der Waals surface area (Å²) in [6.07, 6.45) is 1.51. The summed E-state index contributed by atoms with van der Waals surface area (Å²) in [6.45, 7) is 0. The smallest absolute Gasteiger partial charge is 0.238 e. The van der Waals surface area contributed by atoms with Crippen molar-refractivity contribution >= 4 is 22.2 Å². The fraction of sp³-hybridized carbons (Fsp3) is 0. The standard InChI is InChI=1S/C8H8N4O2S2/c9-16(13,14)7-3-1-6(2-4-7)12-5-10-11-8(12)15/h1-5H,(H,11,15)(H2,9,13,14). The van der Waals surface area contributed by atoms with Gasteiger partial charge in [-0.25, -0.2) is 13.6 Å². The Bertz CT molecular complexity index is 654. The van der Waals surface area contributed by atoms with Crippen molar-refractivity contribution in [3.63, 3.8) is 0 Å². The number of nitrogens with two attached hydrogens (primary N) is 1. The Morgan fingerprint density at radius 3 is 2.38 bits per heavy atom. The van der Waals surface area contributed by atoms with Crippen LogP contribution in [0.15, 0.2) is 35.5 Å². The maximum atomic E-state index is 11.0. The van der Waals surface area contributed by atoms with Crippen LogP contribution in [-0.2, 0) is 10.0 Å². The third kappa shape index (κ3) is 2.03. The molecule has 0 saturated carbocycles. The first-order valence-corrected chi connectivity index (χ1v) is 6.19. The molecule has 16 heavy (non-hydrogen) atoms. The van der Waals surface area contributed by atoms with Gasteiger partial charge in [0.25, 0.3) is 0 Å². The molecule has 0 amide bonds. The van der Waals surface area contributed by atoms with Gasteiger partial charge in [0.15, 0.2) is 4.77 Å². The molecule has 2 rings (SSSR count). The molecule has 0 aliphatic rings. The summed E-state index contributed by atoms with van der Waals surface area (Å²) in [5.74, 6) is 0. The SMILES string of the molecule is NS(=O)(=O)c1ccc(-n2cn[nH]c2=S)cc1. The first-order chi connectivity index (χ1) is 7.48. The summed E-state index contributed by atoms with van der Waals surface area (Å²) in [6, 6.07) is 6.04. The van der Waals surface area contributed by atoms with Crippen molar-refractivity contribution in [1.29, 1.82) is 0 Å². The van der Waals surface area contributed by atoms with E-state index in [1.54, 1.807) is 16.7 Å². The number of hydrogen-bond acceptors (Lipinski definition) is 4. The fourth-order valence-electron chi connectivity index (χ4n) is 1.23. The largest absolute Gasteiger partial charge is 0.275 e. The lowest BCUT2D eigenvalue weighted by Gasteiger charge is -2.02. The maximum absolute atomic E-state index is 11.0. The van der Waals surface area contributed by atoms with E-state index in [1.807, 2.05) is 0 Å². The maximum Gasteiger partial charge on any atom is 0.238 e. The summed E-state index contributed by atoms with van der Waals surface area (Å²) in [5, 5.41) is 11.3. The lowest BCUT2D eigenvalue weighted by molar-refractivity contribution is 0.598. The first-order valence-electron chi connectivity index (χ1n) is 4.24. The number of sulfonamides is 1. The average Bonchev–Trinajstić information content (AvgIpc) is 2.63. The number of aromatic nitrogens is 3. The number of benzene rings is 1. The van der Waals surface area contributed by atoms with Crippen LogP contribution in [0.3, 0.4) is 0 Å². The topological polar surface area (TPSA) is 93.8 Å². The van der Waals surface area contributed by atoms with Crippen molar-refractivity contribution in [3.05, 3.63) is 35.4 Å². The van der Waals surface area contributed by atoms with E-state index in [0.717, 1.165) is 0 Å². The number of hydrogen-bond donors (Lipinski definition) is 2. The summed E-state index contributed by atoms with van der Waals surface area (Å²) < 4.78 is 24.1. The Morgan fingerprint density at radius 1 is 1.31 bits per heavy atom. The summed E-state index contributed by atoms with van der Waals surface area (Å²) in [5.41, 5.74) is 0.714. The molecule has 1 aromatic carbocycles. The molecule has 2 aromatic rings. The molecule has 0 radical (unpaired) electrons. The minimum Gasteiger partial charge on any atom is -0.275 e. The number of primary sulfonamides is 1. The molecule has 0 fully saturated rings. The van der Waals surface area contributed by atoms with Crippen LogP contribution in [0, 0.1) is 4.77 Å². The molecule has 1 heterocycles. The molecule has 0 spiro atoms. The highest BCUT2D eigenvalue weighted by Gasteiger charge is 2.07. The highest BCUT2D eigenvalue weighted by Crippen LogP contribution is 2.12. The van der Waals surface area contributed by atoms with Gasteiger partial charge in [-0.2, -0.15) is 5.10 Å². The van der Waals surface area contributed by atoms with Gasteiger partial charge in [0.2, 0.25) is 10.0 Å². The second kappa shape index (κ2) is 3.81. The van der Waals surface area contributed by atoms with Crippen LogP contribution in [0.2, 0.25) is 0 Å². The van der Waals surface area contributed by atoms with E-state index in [-0.39, 0.29) is 4.90 Å². The fourth-order valence-corrected chi connectivity index (χ4v) is 1.95. The van der Waals surface area contributed by atoms with E-state index in [9.17, 15) is 8.42 Å². The van der Waals surface area contributed by atoms with Gasteiger partial charge >= 0.3 is 0 Å². The Balaban J connectivity index is 2.49. The zero-order valence-corrected chi connectivity index (χ0v) is 9.62. The Morgan fingerprint density at radius 2 is 1.94 bits per heavy atom. The third-order valence-corrected chi connectivity index (χ3v) is 3.21. The summed E-state index contributed by atoms with van der Waals surface area (Å²) >= 11 is 4.98. The van der Waals surface area contributed by atoms with Crippen LogP contribution in [0.25, 0.3) is 5.69 Å². The number of rotatable bonds is 2. The molecule has 8 heteroatoms. The second-order valence-electron chi connectivity index (χ2n) is 3.07. The molecule has 1 aromatic heterocycles. The quantitative estimate of drug-likeness (QED) is 0.768. The molecule has 3 N–H and O–H groups in total. The molecule has 0 atom stereocenters. The van der Waals surface area contributed by atoms with Gasteiger partial charge in [-0.1, -0.05) is 0 Å². The highest BCUT2D eigenvalue weighted by atomic mass is 32.2. The minimum atomic E-state index is -3.66. The van der Waals surface area contributed by atoms with Crippen molar-refractivity contribution in [2.45, 2.75) is 4.90 Å². The van der Waals surface area contributed by atoms with E-state index in [1.165, 1.54) is 18.5 Å². The third-order valence-electron chi connectivity index (χ3n) is 2.00. The number of nitrogens with zero attached hydrogens (tertiary/aromatic N) is 2. The molecule has 0 aliphatic carbocycles. The van der Waals surface area contributed by atoms with Crippen molar-refractivity contribution in [3.8, 4) is 5.69 Å². The molecule has 0 unspecified atom stereocenters. The molecule has 0 bridgehead atoms. The van der Waals surface area contributed by atoms with Crippen molar-refractivity contribution in [1.82, 2.24) is 14.8 Å². The van der Waals surface area contributed by atoms with Crippen LogP contribution in [0.1, 0.15) is 0 Å². The molecule has 0 saturated heterocycles. The summed E-state index contributed by atoms with van der Waals surface area (Å²) in [4.78, 5) is 0.0614. The van der Waals surface area contributed by atoms with Gasteiger partial charge < -0.3 is 0 Å². The molecule has 0 aliphatic heterocycles. The Labute approximate surface area is 96.8 Å². The zero-order valence-electron chi connectivity index (χ0n) is 7.99. The summed E-state index contributed by atoms with van der Waals surface area (Å²) in [7, 11) is -3.66. The lowest BCUT2D eigenvalue weighted by Crippen LogP contribution is -2.11. The van der Waals surface area contributed by atoms with Crippen molar-refractivity contribution < 1.29 is 8.42 Å². The predicted molar refractivity (Wildman–Crippen MR) is 60.1 cm³/mol. The van der Waals surface area contributed by atoms with E-state index >= 15 is 0 Å². The van der Waals surface area contributed by atoms with Crippen LogP contribution in [0.4, 0.5) is 0 Å². The van der Waals surface area contributed by atoms with Crippen LogP contribution < -0.4 is 5.14 Å². The monoisotopic (exact) mass is 256 g/mol. The lowest BCUT2D eigenvalue weighted by atomic mass is 10.3. The minimum absolute atomic E-state index is 0.0614. The Hall–Kier alpha value is -1.51. The number of nitrogens with one attached hydrogen (secondary N) is 1. The Kier molecular flexibility index (Phi) is 2.62. The van der Waals surface area contributed by atoms with Gasteiger partial charge in [0.05, 0.1) is 4.90 Å². The van der Waals surface area contributed by atoms with Crippen LogP contribution >= 0.6 is 12.2 Å². The van der Waals surface area contributed by atoms with Crippen molar-refractivity contribution in [2.24, 2.45) is 5.14 Å². The van der Waals surface area contributed by atoms with Gasteiger partial charge in [-0.3, -0.25) is 9.67 Å². The second-order valence-corrected chi connectivity index (χ2v) is 5.02. The zero-order chi connectivity index (χ0) is 11.8. The molecular formula is C8H8N4O2S2. The predicted octanol–water partition coefficient (Wildman–Crippen LogP) is 0.577. The van der Waals surface area contributed by atoms with Crippen molar-refractivity contribution in [2.75, 3.05) is 0 Å². The van der Waals surface area contributed by atoms with Gasteiger partial charge in [-0.05, 0) is 36.5 Å². The van der Waals surface area contributed by atoms with Crippen LogP contribution in [0.5, 0.6) is 0 Å². The number of H-pyrrole nitrogens is 1. The first kappa shape index (κ1) is 11.0. The van der Waals surface area contributed by atoms with Gasteiger partial charge in [-0.15, -0.1) is 0 Å². The van der Waals surface area contributed by atoms with E-state index in [4.69, 9.17) is 17.4 Å². The normalized spacial score (nSPS) is 11.6. The van der Waals surface area contributed by atoms with Gasteiger partial charge in [0, 0.05) is 5.69 Å². The molecule has 6 nitrogen and oxygen atoms in total. The van der Waals surface area contributed by atoms with E-state index < -0.39 is 10.0 Å². The highest BCUT2D eigenvalue weighted by molar-refractivity contribution is 7.89. The molecular weight excluding hydrogens is 248 g/mol. The molecule has 84 valence electrons. The van der Waals surface area contributed by atoms with E-state index in [0.29, 0.717) is 10.5 Å². The van der Waals surface area contributed by atoms with Crippen LogP contribution in [-0.4, -0.2) is 23.2 Å². The van der Waals surface area contributed by atoms with Gasteiger partial charge in [0.1, 0.15) is 6.33 Å². The average molecular weight is 256 g/mol.